The highest BCUT2D eigenvalue weighted by Gasteiger charge is 2.09. The van der Waals surface area contributed by atoms with Crippen LogP contribution in [0.5, 0.6) is 0 Å². The quantitative estimate of drug-likeness (QED) is 0.441. The predicted molar refractivity (Wildman–Crippen MR) is 77.5 cm³/mol. The minimum absolute atomic E-state index is 0.0484. The van der Waals surface area contributed by atoms with Crippen molar-refractivity contribution in [2.24, 2.45) is 0 Å². The number of hydrogen-bond acceptors (Lipinski definition) is 3. The van der Waals surface area contributed by atoms with Gasteiger partial charge in [0.1, 0.15) is 0 Å². The number of carbonyl (C=O) groups excluding carboxylic acids is 1. The van der Waals surface area contributed by atoms with Crippen molar-refractivity contribution in [2.45, 2.75) is 38.6 Å². The second kappa shape index (κ2) is 12.0. The Kier molecular flexibility index (Phi) is 11.7. The fourth-order valence-corrected chi connectivity index (χ4v) is 1.95. The van der Waals surface area contributed by atoms with E-state index in [4.69, 9.17) is 0 Å². The number of thioether (sulfide) groups is 1. The van der Waals surface area contributed by atoms with Gasteiger partial charge in [-0.2, -0.15) is 11.8 Å². The summed E-state index contributed by atoms with van der Waals surface area (Å²) in [6.07, 6.45) is 8.82. The first-order valence-electron chi connectivity index (χ1n) is 6.33. The Morgan fingerprint density at radius 1 is 1.35 bits per heavy atom. The zero-order chi connectivity index (χ0) is 12.9. The van der Waals surface area contributed by atoms with Crippen molar-refractivity contribution in [3.63, 3.8) is 0 Å². The van der Waals surface area contributed by atoms with E-state index in [-0.39, 0.29) is 11.9 Å². The molecule has 0 heterocycles. The summed E-state index contributed by atoms with van der Waals surface area (Å²) in [6, 6.07) is -0.110. The molecule has 0 fully saturated rings. The molecule has 0 spiro atoms. The molecule has 0 aliphatic carbocycles. The molecule has 1 unspecified atom stereocenters. The molecule has 0 aromatic heterocycles. The Morgan fingerprint density at radius 3 is 2.71 bits per heavy atom. The molecule has 1 amide bonds. The molecular formula is C13H26N2OS. The molecule has 0 aliphatic heterocycles. The lowest BCUT2D eigenvalue weighted by Gasteiger charge is -2.13. The summed E-state index contributed by atoms with van der Waals surface area (Å²) >= 11 is 1.91. The van der Waals surface area contributed by atoms with E-state index in [9.17, 15) is 4.79 Å². The molecule has 0 saturated carbocycles. The molecule has 0 radical (unpaired) electrons. The van der Waals surface area contributed by atoms with E-state index in [1.165, 1.54) is 25.0 Å². The monoisotopic (exact) mass is 258 g/mol. The van der Waals surface area contributed by atoms with Crippen LogP contribution in [0.2, 0.25) is 0 Å². The molecule has 4 heteroatoms. The van der Waals surface area contributed by atoms with Gasteiger partial charge in [-0.15, -0.1) is 6.58 Å². The number of rotatable bonds is 11. The maximum absolute atomic E-state index is 11.5. The van der Waals surface area contributed by atoms with Crippen LogP contribution in [0.25, 0.3) is 0 Å². The molecule has 0 aliphatic rings. The normalized spacial score (nSPS) is 12.1. The van der Waals surface area contributed by atoms with Gasteiger partial charge in [-0.25, -0.2) is 0 Å². The van der Waals surface area contributed by atoms with Gasteiger partial charge in [0.2, 0.25) is 5.91 Å². The van der Waals surface area contributed by atoms with Crippen LogP contribution in [0.4, 0.5) is 0 Å². The minimum Gasteiger partial charge on any atom is -0.351 e. The summed E-state index contributed by atoms with van der Waals surface area (Å²) in [5, 5.41) is 6.01. The summed E-state index contributed by atoms with van der Waals surface area (Å²) in [5.74, 6) is 1.31. The zero-order valence-electron chi connectivity index (χ0n) is 11.1. The van der Waals surface area contributed by atoms with Gasteiger partial charge < -0.3 is 10.6 Å². The zero-order valence-corrected chi connectivity index (χ0v) is 11.9. The predicted octanol–water partition coefficient (Wildman–Crippen LogP) is 2.19. The first kappa shape index (κ1) is 16.5. The van der Waals surface area contributed by atoms with E-state index in [1.807, 2.05) is 18.7 Å². The maximum atomic E-state index is 11.5. The average Bonchev–Trinajstić information content (AvgIpc) is 2.34. The van der Waals surface area contributed by atoms with Gasteiger partial charge in [-0.05, 0) is 38.3 Å². The first-order chi connectivity index (χ1) is 8.22. The molecule has 0 bridgehead atoms. The summed E-state index contributed by atoms with van der Waals surface area (Å²) in [4.78, 5) is 11.5. The van der Waals surface area contributed by atoms with Crippen molar-refractivity contribution in [3.05, 3.63) is 12.7 Å². The lowest BCUT2D eigenvalue weighted by molar-refractivity contribution is -0.122. The topological polar surface area (TPSA) is 41.1 Å². The highest BCUT2D eigenvalue weighted by molar-refractivity contribution is 7.98. The summed E-state index contributed by atoms with van der Waals surface area (Å²) in [7, 11) is 0. The lowest BCUT2D eigenvalue weighted by Crippen LogP contribution is -2.42. The Morgan fingerprint density at radius 2 is 2.06 bits per heavy atom. The maximum Gasteiger partial charge on any atom is 0.237 e. The number of hydrogen-bond donors (Lipinski definition) is 2. The molecule has 17 heavy (non-hydrogen) atoms. The van der Waals surface area contributed by atoms with Gasteiger partial charge in [-0.1, -0.05) is 18.9 Å². The Labute approximate surface area is 110 Å². The van der Waals surface area contributed by atoms with Crippen molar-refractivity contribution >= 4 is 17.7 Å². The van der Waals surface area contributed by atoms with E-state index < -0.39 is 0 Å². The Bertz CT molecular complexity index is 210. The van der Waals surface area contributed by atoms with E-state index in [0.717, 1.165) is 13.0 Å². The SMILES string of the molecule is C=CCNC(=O)C(C)NCCCCCCSC. The van der Waals surface area contributed by atoms with Crippen molar-refractivity contribution < 1.29 is 4.79 Å². The third kappa shape index (κ3) is 10.4. The van der Waals surface area contributed by atoms with Crippen LogP contribution in [0.3, 0.4) is 0 Å². The molecule has 100 valence electrons. The van der Waals surface area contributed by atoms with Crippen LogP contribution in [-0.2, 0) is 4.79 Å². The van der Waals surface area contributed by atoms with Crippen LogP contribution in [-0.4, -0.2) is 37.0 Å². The third-order valence-corrected chi connectivity index (χ3v) is 3.24. The minimum atomic E-state index is -0.110. The van der Waals surface area contributed by atoms with E-state index in [2.05, 4.69) is 23.5 Å². The molecule has 0 rings (SSSR count). The van der Waals surface area contributed by atoms with Gasteiger partial charge in [0, 0.05) is 6.54 Å². The van der Waals surface area contributed by atoms with Crippen LogP contribution in [0.1, 0.15) is 32.6 Å². The fraction of sp³-hybridized carbons (Fsp3) is 0.769. The number of unbranched alkanes of at least 4 members (excludes halogenated alkanes) is 3. The first-order valence-corrected chi connectivity index (χ1v) is 7.72. The van der Waals surface area contributed by atoms with Crippen molar-refractivity contribution in [3.8, 4) is 0 Å². The van der Waals surface area contributed by atoms with E-state index >= 15 is 0 Å². The second-order valence-corrected chi connectivity index (χ2v) is 5.10. The van der Waals surface area contributed by atoms with Gasteiger partial charge >= 0.3 is 0 Å². The highest BCUT2D eigenvalue weighted by atomic mass is 32.2. The Balaban J connectivity index is 3.34. The number of amides is 1. The lowest BCUT2D eigenvalue weighted by atomic mass is 10.2. The van der Waals surface area contributed by atoms with Crippen LogP contribution in [0.15, 0.2) is 12.7 Å². The standard InChI is InChI=1S/C13H26N2OS/c1-4-9-15-13(16)12(2)14-10-7-5-6-8-11-17-3/h4,12,14H,1,5-11H2,2-3H3,(H,15,16). The van der Waals surface area contributed by atoms with Gasteiger partial charge in [0.05, 0.1) is 6.04 Å². The summed E-state index contributed by atoms with van der Waals surface area (Å²) in [6.45, 7) is 6.92. The van der Waals surface area contributed by atoms with Crippen LogP contribution < -0.4 is 10.6 Å². The van der Waals surface area contributed by atoms with Crippen LogP contribution in [0, 0.1) is 0 Å². The van der Waals surface area contributed by atoms with Gasteiger partial charge in [0.25, 0.3) is 0 Å². The molecule has 0 aromatic rings. The molecule has 2 N–H and O–H groups in total. The van der Waals surface area contributed by atoms with Crippen molar-refractivity contribution in [2.75, 3.05) is 25.1 Å². The van der Waals surface area contributed by atoms with Gasteiger partial charge in [-0.3, -0.25) is 4.79 Å². The second-order valence-electron chi connectivity index (χ2n) is 4.12. The largest absolute Gasteiger partial charge is 0.351 e. The molecule has 3 nitrogen and oxygen atoms in total. The van der Waals surface area contributed by atoms with Crippen molar-refractivity contribution in [1.29, 1.82) is 0 Å². The molecular weight excluding hydrogens is 232 g/mol. The third-order valence-electron chi connectivity index (χ3n) is 2.54. The highest BCUT2D eigenvalue weighted by Crippen LogP contribution is 2.03. The molecule has 1 atom stereocenters. The smallest absolute Gasteiger partial charge is 0.237 e. The van der Waals surface area contributed by atoms with E-state index in [0.29, 0.717) is 6.54 Å². The Hall–Kier alpha value is -0.480. The average molecular weight is 258 g/mol. The number of nitrogens with one attached hydrogen (secondary N) is 2. The molecule has 0 aromatic carbocycles. The number of carbonyl (C=O) groups is 1. The molecule has 0 saturated heterocycles. The summed E-state index contributed by atoms with van der Waals surface area (Å²) in [5.41, 5.74) is 0. The van der Waals surface area contributed by atoms with Crippen LogP contribution >= 0.6 is 11.8 Å². The van der Waals surface area contributed by atoms with Crippen molar-refractivity contribution in [1.82, 2.24) is 10.6 Å². The fourth-order valence-electron chi connectivity index (χ4n) is 1.46. The van der Waals surface area contributed by atoms with Gasteiger partial charge in [0.15, 0.2) is 0 Å². The van der Waals surface area contributed by atoms with E-state index in [1.54, 1.807) is 6.08 Å². The summed E-state index contributed by atoms with van der Waals surface area (Å²) < 4.78 is 0.